The maximum absolute atomic E-state index is 10.7. The molecule has 1 saturated heterocycles. The minimum absolute atomic E-state index is 0. The summed E-state index contributed by atoms with van der Waals surface area (Å²) in [5.74, 6) is -0.0377. The molecule has 0 aromatic carbocycles. The van der Waals surface area contributed by atoms with E-state index in [1.807, 2.05) is 0 Å². The van der Waals surface area contributed by atoms with Crippen LogP contribution in [-0.4, -0.2) is 23.2 Å². The molecule has 2 aliphatic rings. The highest BCUT2D eigenvalue weighted by atomic mass is 35.5. The number of carbonyl (C=O) groups is 1. The summed E-state index contributed by atoms with van der Waals surface area (Å²) in [4.78, 5) is 10.7. The highest BCUT2D eigenvalue weighted by Crippen LogP contribution is 2.32. The van der Waals surface area contributed by atoms with Crippen LogP contribution in [0.15, 0.2) is 0 Å². The Kier molecular flexibility index (Phi) is 3.56. The Labute approximate surface area is 84.3 Å². The number of aliphatic carboxylic acids is 1. The average molecular weight is 206 g/mol. The van der Waals surface area contributed by atoms with E-state index < -0.39 is 5.97 Å². The van der Waals surface area contributed by atoms with E-state index in [1.165, 1.54) is 25.7 Å². The molecule has 2 fully saturated rings. The van der Waals surface area contributed by atoms with Gasteiger partial charge in [0.25, 0.3) is 0 Å². The molecular weight excluding hydrogens is 190 g/mol. The van der Waals surface area contributed by atoms with Crippen LogP contribution in [0.4, 0.5) is 0 Å². The molecule has 0 amide bonds. The molecule has 0 unspecified atom stereocenters. The molecule has 0 radical (unpaired) electrons. The van der Waals surface area contributed by atoms with Gasteiger partial charge in [-0.05, 0) is 25.2 Å². The number of halogens is 1. The van der Waals surface area contributed by atoms with Crippen LogP contribution in [-0.2, 0) is 4.79 Å². The van der Waals surface area contributed by atoms with Crippen molar-refractivity contribution in [2.24, 2.45) is 5.92 Å². The molecule has 0 aromatic heterocycles. The van der Waals surface area contributed by atoms with Crippen molar-refractivity contribution in [1.29, 1.82) is 0 Å². The fourth-order valence-corrected chi connectivity index (χ4v) is 2.51. The molecule has 0 aromatic rings. The van der Waals surface area contributed by atoms with Crippen molar-refractivity contribution in [2.75, 3.05) is 0 Å². The zero-order chi connectivity index (χ0) is 8.55. The zero-order valence-electron chi connectivity index (χ0n) is 7.53. The van der Waals surface area contributed by atoms with Crippen LogP contribution in [0.2, 0.25) is 0 Å². The lowest BCUT2D eigenvalue weighted by Crippen LogP contribution is -2.36. The monoisotopic (exact) mass is 205 g/mol. The minimum Gasteiger partial charge on any atom is -0.480 e. The molecular formula is C9H16ClNO2. The summed E-state index contributed by atoms with van der Waals surface area (Å²) in [5.41, 5.74) is 0. The third kappa shape index (κ3) is 2.15. The molecule has 2 N–H and O–H groups in total. The second kappa shape index (κ2) is 4.29. The Bertz CT molecular complexity index is 184. The van der Waals surface area contributed by atoms with Crippen LogP contribution in [0.1, 0.15) is 32.1 Å². The topological polar surface area (TPSA) is 49.3 Å². The van der Waals surface area contributed by atoms with Gasteiger partial charge < -0.3 is 10.4 Å². The highest BCUT2D eigenvalue weighted by molar-refractivity contribution is 5.85. The van der Waals surface area contributed by atoms with Crippen LogP contribution in [0, 0.1) is 5.92 Å². The summed E-state index contributed by atoms with van der Waals surface area (Å²) in [6, 6.07) is 0.234. The lowest BCUT2D eigenvalue weighted by atomic mass is 9.85. The number of carboxylic acid groups (broad SMARTS) is 1. The van der Waals surface area contributed by atoms with Crippen LogP contribution in [0.25, 0.3) is 0 Å². The van der Waals surface area contributed by atoms with Crippen LogP contribution >= 0.6 is 12.4 Å². The Balaban J connectivity index is 0.000000845. The second-order valence-electron chi connectivity index (χ2n) is 3.94. The van der Waals surface area contributed by atoms with Gasteiger partial charge in [0.1, 0.15) is 6.04 Å². The van der Waals surface area contributed by atoms with Crippen LogP contribution in [0.3, 0.4) is 0 Å². The predicted molar refractivity (Wildman–Crippen MR) is 52.2 cm³/mol. The third-order valence-corrected chi connectivity index (χ3v) is 3.16. The van der Waals surface area contributed by atoms with Crippen molar-refractivity contribution < 1.29 is 9.90 Å². The van der Waals surface area contributed by atoms with Crippen molar-refractivity contribution in [3.05, 3.63) is 0 Å². The SMILES string of the molecule is Cl.O=C(O)[C@H]1C[C@H]2CCCC[C@@H]2N1. The van der Waals surface area contributed by atoms with E-state index in [-0.39, 0.29) is 18.4 Å². The summed E-state index contributed by atoms with van der Waals surface area (Å²) < 4.78 is 0. The zero-order valence-corrected chi connectivity index (χ0v) is 8.35. The quantitative estimate of drug-likeness (QED) is 0.681. The summed E-state index contributed by atoms with van der Waals surface area (Å²) in [7, 11) is 0. The van der Waals surface area contributed by atoms with Crippen molar-refractivity contribution in [1.82, 2.24) is 5.32 Å². The van der Waals surface area contributed by atoms with Crippen molar-refractivity contribution >= 4 is 18.4 Å². The van der Waals surface area contributed by atoms with Crippen LogP contribution < -0.4 is 5.32 Å². The molecule has 1 aliphatic carbocycles. The van der Waals surface area contributed by atoms with Gasteiger partial charge >= 0.3 is 5.97 Å². The normalized spacial score (nSPS) is 37.7. The first-order valence-corrected chi connectivity index (χ1v) is 4.76. The van der Waals surface area contributed by atoms with Gasteiger partial charge in [0.2, 0.25) is 0 Å². The Hall–Kier alpha value is -0.280. The molecule has 1 aliphatic heterocycles. The van der Waals surface area contributed by atoms with Gasteiger partial charge in [-0.1, -0.05) is 12.8 Å². The first-order valence-electron chi connectivity index (χ1n) is 4.76. The maximum atomic E-state index is 10.7. The van der Waals surface area contributed by atoms with Gasteiger partial charge in [-0.2, -0.15) is 0 Å². The molecule has 2 rings (SSSR count). The van der Waals surface area contributed by atoms with E-state index in [0.29, 0.717) is 12.0 Å². The van der Waals surface area contributed by atoms with Gasteiger partial charge in [-0.3, -0.25) is 4.79 Å². The fraction of sp³-hybridized carbons (Fsp3) is 0.889. The van der Waals surface area contributed by atoms with Crippen LogP contribution in [0.5, 0.6) is 0 Å². The molecule has 1 saturated carbocycles. The summed E-state index contributed by atoms with van der Waals surface area (Å²) in [6.07, 6.45) is 5.80. The standard InChI is InChI=1S/C9H15NO2.ClH/c11-9(12)8-5-6-3-1-2-4-7(6)10-8;/h6-8,10H,1-5H2,(H,11,12);1H/t6-,7+,8-;/m1./s1. The first-order chi connectivity index (χ1) is 5.77. The van der Waals surface area contributed by atoms with E-state index in [0.717, 1.165) is 6.42 Å². The van der Waals surface area contributed by atoms with Gasteiger partial charge in [-0.25, -0.2) is 0 Å². The van der Waals surface area contributed by atoms with Crippen molar-refractivity contribution in [2.45, 2.75) is 44.2 Å². The minimum atomic E-state index is -0.676. The number of rotatable bonds is 1. The van der Waals surface area contributed by atoms with Gasteiger partial charge in [-0.15, -0.1) is 12.4 Å². The number of fused-ring (bicyclic) bond motifs is 1. The smallest absolute Gasteiger partial charge is 0.320 e. The molecule has 3 atom stereocenters. The van der Waals surface area contributed by atoms with E-state index in [1.54, 1.807) is 0 Å². The lowest BCUT2D eigenvalue weighted by molar-refractivity contribution is -0.139. The van der Waals surface area contributed by atoms with Gasteiger partial charge in [0.05, 0.1) is 0 Å². The number of hydrogen-bond acceptors (Lipinski definition) is 2. The number of hydrogen-bond donors (Lipinski definition) is 2. The highest BCUT2D eigenvalue weighted by Gasteiger charge is 2.37. The Morgan fingerprint density at radius 2 is 2.00 bits per heavy atom. The molecule has 3 nitrogen and oxygen atoms in total. The predicted octanol–water partition coefficient (Wildman–Crippen LogP) is 1.41. The molecule has 0 spiro atoms. The number of carboxylic acids is 1. The lowest BCUT2D eigenvalue weighted by Gasteiger charge is -2.24. The van der Waals surface area contributed by atoms with E-state index in [4.69, 9.17) is 5.11 Å². The summed E-state index contributed by atoms with van der Waals surface area (Å²) in [5, 5.41) is 12.0. The second-order valence-corrected chi connectivity index (χ2v) is 3.94. The van der Waals surface area contributed by atoms with Crippen molar-refractivity contribution in [3.63, 3.8) is 0 Å². The summed E-state index contributed by atoms with van der Waals surface area (Å²) in [6.45, 7) is 0. The molecule has 4 heteroatoms. The van der Waals surface area contributed by atoms with Gasteiger partial charge in [0, 0.05) is 6.04 Å². The molecule has 76 valence electrons. The average Bonchev–Trinajstić information content (AvgIpc) is 2.46. The first kappa shape index (κ1) is 10.8. The van der Waals surface area contributed by atoms with Crippen molar-refractivity contribution in [3.8, 4) is 0 Å². The maximum Gasteiger partial charge on any atom is 0.320 e. The van der Waals surface area contributed by atoms with E-state index in [2.05, 4.69) is 5.32 Å². The molecule has 1 heterocycles. The molecule has 13 heavy (non-hydrogen) atoms. The third-order valence-electron chi connectivity index (χ3n) is 3.16. The largest absolute Gasteiger partial charge is 0.480 e. The summed E-state index contributed by atoms with van der Waals surface area (Å²) >= 11 is 0. The number of nitrogens with one attached hydrogen (secondary N) is 1. The molecule has 0 bridgehead atoms. The van der Waals surface area contributed by atoms with E-state index >= 15 is 0 Å². The Morgan fingerprint density at radius 3 is 2.62 bits per heavy atom. The fourth-order valence-electron chi connectivity index (χ4n) is 2.51. The van der Waals surface area contributed by atoms with E-state index in [9.17, 15) is 4.79 Å². The Morgan fingerprint density at radius 1 is 1.31 bits per heavy atom. The van der Waals surface area contributed by atoms with Gasteiger partial charge in [0.15, 0.2) is 0 Å².